The summed E-state index contributed by atoms with van der Waals surface area (Å²) in [4.78, 5) is 0. The molecule has 0 aromatic carbocycles. The monoisotopic (exact) mass is 302 g/mol. The van der Waals surface area contributed by atoms with E-state index in [1.165, 1.54) is 0 Å². The summed E-state index contributed by atoms with van der Waals surface area (Å²) in [5, 5.41) is 0. The van der Waals surface area contributed by atoms with Crippen molar-refractivity contribution in [3.05, 3.63) is 18.7 Å². The van der Waals surface area contributed by atoms with Crippen LogP contribution in [0.5, 0.6) is 0 Å². The maximum atomic E-state index is 10.4. The second kappa shape index (κ2) is 6.80. The van der Waals surface area contributed by atoms with Crippen LogP contribution in [0.3, 0.4) is 0 Å². The average molecular weight is 302 g/mol. The van der Waals surface area contributed by atoms with Crippen LogP contribution in [0.1, 0.15) is 6.42 Å². The van der Waals surface area contributed by atoms with Gasteiger partial charge >= 0.3 is 0 Å². The molecule has 0 aliphatic heterocycles. The quantitative estimate of drug-likeness (QED) is 0.395. The fourth-order valence-corrected chi connectivity index (χ4v) is 1.56. The summed E-state index contributed by atoms with van der Waals surface area (Å²) in [5.74, 6) is -0.186. The van der Waals surface area contributed by atoms with E-state index < -0.39 is 20.5 Å². The van der Waals surface area contributed by atoms with Crippen molar-refractivity contribution in [1.82, 2.24) is 4.57 Å². The number of hydrogen-bond donors (Lipinski definition) is 2. The third-order valence-electron chi connectivity index (χ3n) is 1.64. The standard InChI is InChI=1S/C7H12N2O3S.H2O4S/c1-8-4-5-9(7-8)3-2-6-13(10,11)12;1-5(2,3)4/h4-5,7H,2-3,6H2,1H3;(H2,1,2,3,4). The molecule has 0 aliphatic rings. The fourth-order valence-electron chi connectivity index (χ4n) is 1.06. The van der Waals surface area contributed by atoms with Gasteiger partial charge < -0.3 is 4.55 Å². The Balaban J connectivity index is 0.000000494. The Kier molecular flexibility index (Phi) is 6.42. The van der Waals surface area contributed by atoms with Crippen molar-refractivity contribution >= 4 is 20.5 Å². The molecule has 0 bridgehead atoms. The molecule has 18 heavy (non-hydrogen) atoms. The Hall–Kier alpha value is -1.01. The van der Waals surface area contributed by atoms with E-state index >= 15 is 0 Å². The second-order valence-corrected chi connectivity index (χ2v) is 5.81. The normalized spacial score (nSPS) is 11.8. The zero-order chi connectivity index (χ0) is 14.4. The summed E-state index contributed by atoms with van der Waals surface area (Å²) in [7, 11) is -6.84. The summed E-state index contributed by atoms with van der Waals surface area (Å²) in [6, 6.07) is 0. The van der Waals surface area contributed by atoms with Crippen molar-refractivity contribution in [3.63, 3.8) is 0 Å². The van der Waals surface area contributed by atoms with E-state index in [9.17, 15) is 8.42 Å². The van der Waals surface area contributed by atoms with E-state index in [2.05, 4.69) is 0 Å². The van der Waals surface area contributed by atoms with Crippen LogP contribution in [0.15, 0.2) is 18.7 Å². The van der Waals surface area contributed by atoms with Gasteiger partial charge in [-0.2, -0.15) is 8.42 Å². The van der Waals surface area contributed by atoms with Gasteiger partial charge in [0.05, 0.1) is 19.3 Å². The Morgan fingerprint density at radius 1 is 1.28 bits per heavy atom. The lowest BCUT2D eigenvalue weighted by Gasteiger charge is -1.94. The molecule has 1 rings (SSSR count). The largest absolute Gasteiger partial charge is 0.726 e. The van der Waals surface area contributed by atoms with Crippen LogP contribution in [-0.2, 0) is 34.1 Å². The summed E-state index contributed by atoms with van der Waals surface area (Å²) in [5.41, 5.74) is 0. The SMILES string of the molecule is Cn1cc[n+](CCCS(=O)(=O)O)c1.O=S(=O)([O-])O. The summed E-state index contributed by atoms with van der Waals surface area (Å²) in [6.45, 7) is 0.598. The Morgan fingerprint density at radius 2 is 1.78 bits per heavy atom. The summed E-state index contributed by atoms with van der Waals surface area (Å²) in [6.07, 6.45) is 5.99. The molecule has 1 aromatic rings. The van der Waals surface area contributed by atoms with Crippen LogP contribution in [0.25, 0.3) is 0 Å². The first kappa shape index (κ1) is 17.0. The number of imidazole rings is 1. The Bertz CT molecular complexity index is 552. The van der Waals surface area contributed by atoms with Gasteiger partial charge in [0.2, 0.25) is 16.7 Å². The van der Waals surface area contributed by atoms with E-state index in [1.807, 2.05) is 34.9 Å². The predicted molar refractivity (Wildman–Crippen MR) is 59.0 cm³/mol. The Morgan fingerprint density at radius 3 is 2.11 bits per heavy atom. The first-order chi connectivity index (χ1) is 7.97. The molecule has 0 radical (unpaired) electrons. The predicted octanol–water partition coefficient (Wildman–Crippen LogP) is -1.40. The first-order valence-electron chi connectivity index (χ1n) is 4.62. The maximum Gasteiger partial charge on any atom is 0.265 e. The minimum atomic E-state index is -4.92. The molecule has 0 unspecified atom stereocenters. The van der Waals surface area contributed by atoms with Gasteiger partial charge in [-0.15, -0.1) is 0 Å². The molecule has 9 nitrogen and oxygen atoms in total. The molecule has 0 atom stereocenters. The number of hydrogen-bond acceptors (Lipinski definition) is 5. The molecule has 11 heteroatoms. The van der Waals surface area contributed by atoms with Crippen molar-refractivity contribution in [3.8, 4) is 0 Å². The van der Waals surface area contributed by atoms with Crippen LogP contribution < -0.4 is 4.57 Å². The second-order valence-electron chi connectivity index (χ2n) is 3.38. The summed E-state index contributed by atoms with van der Waals surface area (Å²) >= 11 is 0. The highest BCUT2D eigenvalue weighted by molar-refractivity contribution is 7.85. The minimum Gasteiger partial charge on any atom is -0.726 e. The summed E-state index contributed by atoms with van der Waals surface area (Å²) < 4.78 is 65.8. The van der Waals surface area contributed by atoms with E-state index in [1.54, 1.807) is 0 Å². The van der Waals surface area contributed by atoms with E-state index in [-0.39, 0.29) is 5.75 Å². The number of aryl methyl sites for hydroxylation is 2. The van der Waals surface area contributed by atoms with E-state index in [0.717, 1.165) is 0 Å². The van der Waals surface area contributed by atoms with Gasteiger partial charge in [0.1, 0.15) is 12.4 Å². The molecule has 0 saturated carbocycles. The van der Waals surface area contributed by atoms with Crippen molar-refractivity contribution in [1.29, 1.82) is 0 Å². The molecule has 1 aromatic heterocycles. The van der Waals surface area contributed by atoms with Gasteiger partial charge in [0.15, 0.2) is 0 Å². The van der Waals surface area contributed by atoms with Gasteiger partial charge in [0, 0.05) is 6.42 Å². The van der Waals surface area contributed by atoms with Crippen molar-refractivity contribution in [2.24, 2.45) is 7.05 Å². The highest BCUT2D eigenvalue weighted by Gasteiger charge is 2.06. The van der Waals surface area contributed by atoms with Gasteiger partial charge in [-0.1, -0.05) is 0 Å². The van der Waals surface area contributed by atoms with Crippen molar-refractivity contribution in [2.45, 2.75) is 13.0 Å². The van der Waals surface area contributed by atoms with Gasteiger partial charge in [-0.05, 0) is 0 Å². The lowest BCUT2D eigenvalue weighted by atomic mass is 10.5. The molecule has 0 saturated heterocycles. The lowest BCUT2D eigenvalue weighted by Crippen LogP contribution is -2.31. The average Bonchev–Trinajstić information content (AvgIpc) is 2.45. The number of rotatable bonds is 4. The third kappa shape index (κ3) is 13.1. The van der Waals surface area contributed by atoms with E-state index in [0.29, 0.717) is 13.0 Å². The van der Waals surface area contributed by atoms with Gasteiger partial charge in [0.25, 0.3) is 10.1 Å². The molecule has 1 heterocycles. The van der Waals surface area contributed by atoms with Crippen molar-refractivity contribution < 1.29 is 35.1 Å². The van der Waals surface area contributed by atoms with Crippen LogP contribution >= 0.6 is 0 Å². The molecule has 0 spiro atoms. The zero-order valence-electron chi connectivity index (χ0n) is 9.50. The van der Waals surface area contributed by atoms with Gasteiger partial charge in [-0.25, -0.2) is 17.6 Å². The number of aromatic nitrogens is 2. The smallest absolute Gasteiger partial charge is 0.265 e. The first-order valence-corrected chi connectivity index (χ1v) is 7.59. The maximum absolute atomic E-state index is 10.4. The molecule has 0 fully saturated rings. The molecule has 2 N–H and O–H groups in total. The molecule has 0 amide bonds. The lowest BCUT2D eigenvalue weighted by molar-refractivity contribution is -0.696. The molecule has 0 aliphatic carbocycles. The van der Waals surface area contributed by atoms with Crippen LogP contribution in [0.4, 0.5) is 0 Å². The molecular formula is C7H14N2O7S2. The minimum absolute atomic E-state index is 0.186. The fraction of sp³-hybridized carbons (Fsp3) is 0.571. The third-order valence-corrected chi connectivity index (χ3v) is 2.45. The van der Waals surface area contributed by atoms with Crippen LogP contribution in [0, 0.1) is 0 Å². The van der Waals surface area contributed by atoms with Crippen LogP contribution in [0.2, 0.25) is 0 Å². The molecular weight excluding hydrogens is 288 g/mol. The van der Waals surface area contributed by atoms with Gasteiger partial charge in [-0.3, -0.25) is 9.11 Å². The van der Waals surface area contributed by atoms with E-state index in [4.69, 9.17) is 22.1 Å². The highest BCUT2D eigenvalue weighted by Crippen LogP contribution is 1.88. The van der Waals surface area contributed by atoms with Crippen LogP contribution in [-0.4, -0.2) is 40.8 Å². The van der Waals surface area contributed by atoms with Crippen molar-refractivity contribution in [2.75, 3.05) is 5.75 Å². The Labute approximate surface area is 105 Å². The topological polar surface area (TPSA) is 141 Å². The molecule has 106 valence electrons. The number of nitrogens with zero attached hydrogens (tertiary/aromatic N) is 2. The highest BCUT2D eigenvalue weighted by atomic mass is 32.3. The zero-order valence-corrected chi connectivity index (χ0v) is 11.1.